The van der Waals surface area contributed by atoms with E-state index in [0.29, 0.717) is 0 Å². The first-order chi connectivity index (χ1) is 4.50. The van der Waals surface area contributed by atoms with Gasteiger partial charge < -0.3 is 32.3 Å². The van der Waals surface area contributed by atoms with E-state index in [1.807, 2.05) is 12.2 Å². The van der Waals surface area contributed by atoms with Gasteiger partial charge in [0.2, 0.25) is 0 Å². The van der Waals surface area contributed by atoms with Gasteiger partial charge in [0.05, 0.1) is 0 Å². The van der Waals surface area contributed by atoms with Crippen molar-refractivity contribution in [3.8, 4) is 0 Å². The van der Waals surface area contributed by atoms with E-state index in [1.165, 1.54) is 0 Å². The predicted octanol–water partition coefficient (Wildman–Crippen LogP) is 3.37. The third-order valence-corrected chi connectivity index (χ3v) is 0.586. The smallest absolute Gasteiger partial charge is 0 e. The van der Waals surface area contributed by atoms with Crippen LogP contribution in [0.2, 0.25) is 0 Å². The summed E-state index contributed by atoms with van der Waals surface area (Å²) in [5, 5.41) is 0. The van der Waals surface area contributed by atoms with Crippen molar-refractivity contribution in [1.29, 1.82) is 0 Å². The number of nitroso groups, excluding NO2 is 1. The van der Waals surface area contributed by atoms with Crippen molar-refractivity contribution < 1.29 is 21.1 Å². The standard InChI is InChI=1S/C5H5.C2H5.2CH3.NO.W/c1-2-4-5-3-1;1-2;;;1-2;/h1-3H,4H2;1H2,2H3;2*1H3;;/q5*-1;. The number of allylic oxidation sites excluding steroid dienone is 4. The van der Waals surface area contributed by atoms with Crippen molar-refractivity contribution in [3.05, 3.63) is 56.6 Å². The monoisotopic (exact) mass is 338 g/mol. The van der Waals surface area contributed by atoms with Gasteiger partial charge in [-0.05, 0) is 0 Å². The Kier molecular flexibility index (Phi) is 112. The molecule has 3 heteroatoms. The second kappa shape index (κ2) is 45.2. The molecule has 0 heterocycles. The SMILES string of the molecule is [C-]1=CC=CC1.[CH2-]C.[CH3-].[CH3-].[N-]=O.[W]. The Labute approximate surface area is 91.2 Å². The van der Waals surface area contributed by atoms with Crippen molar-refractivity contribution in [2.24, 2.45) is 0 Å². The van der Waals surface area contributed by atoms with E-state index in [-0.39, 0.29) is 35.9 Å². The van der Waals surface area contributed by atoms with Crippen LogP contribution in [0, 0.1) is 32.8 Å². The molecule has 74 valence electrons. The van der Waals surface area contributed by atoms with Gasteiger partial charge in [0, 0.05) is 21.1 Å². The summed E-state index contributed by atoms with van der Waals surface area (Å²) >= 11 is 0. The summed E-state index contributed by atoms with van der Waals surface area (Å²) in [6.07, 6.45) is 10.0. The molecule has 1 aliphatic rings. The molecular formula is C9H16NOW-5. The maximum atomic E-state index is 7.25. The molecule has 0 saturated carbocycles. The molecule has 0 unspecified atom stereocenters. The number of hydrogen-bond acceptors (Lipinski definition) is 1. The minimum atomic E-state index is 0. The zero-order valence-electron chi connectivity index (χ0n) is 7.91. The van der Waals surface area contributed by atoms with E-state index in [2.05, 4.69) is 19.1 Å². The molecule has 0 aromatic rings. The molecule has 1 aliphatic carbocycles. The summed E-state index contributed by atoms with van der Waals surface area (Å²) in [6, 6.07) is 0. The summed E-state index contributed by atoms with van der Waals surface area (Å²) in [4.78, 5) is 7.25. The molecule has 0 aromatic carbocycles. The van der Waals surface area contributed by atoms with Crippen LogP contribution < -0.4 is 0 Å². The zero-order chi connectivity index (χ0) is 7.54. The van der Waals surface area contributed by atoms with Crippen molar-refractivity contribution in [3.63, 3.8) is 0 Å². The van der Waals surface area contributed by atoms with E-state index in [4.69, 9.17) is 10.5 Å². The molecule has 2 nitrogen and oxygen atoms in total. The molecule has 0 fully saturated rings. The summed E-state index contributed by atoms with van der Waals surface area (Å²) in [5.74, 6) is 0. The van der Waals surface area contributed by atoms with Crippen LogP contribution in [0.4, 0.5) is 0 Å². The van der Waals surface area contributed by atoms with E-state index in [9.17, 15) is 0 Å². The Bertz CT molecular complexity index is 82.5. The predicted molar refractivity (Wildman–Crippen MR) is 52.2 cm³/mol. The van der Waals surface area contributed by atoms with E-state index in [1.54, 1.807) is 6.92 Å². The molecule has 0 N–H and O–H groups in total. The fourth-order valence-corrected chi connectivity index (χ4v) is 0.340. The molecule has 0 spiro atoms. The fraction of sp³-hybridized carbons (Fsp3) is 0.222. The van der Waals surface area contributed by atoms with Gasteiger partial charge in [-0.3, -0.25) is 6.08 Å². The van der Waals surface area contributed by atoms with E-state index >= 15 is 0 Å². The summed E-state index contributed by atoms with van der Waals surface area (Å²) in [6.45, 7) is 5.00. The molecule has 0 atom stereocenters. The Hall–Kier alpha value is -0.232. The van der Waals surface area contributed by atoms with Crippen LogP contribution in [-0.4, -0.2) is 0 Å². The van der Waals surface area contributed by atoms with Crippen LogP contribution in [0.25, 0.3) is 5.59 Å². The molecule has 0 aromatic heterocycles. The van der Waals surface area contributed by atoms with E-state index in [0.717, 1.165) is 6.42 Å². The van der Waals surface area contributed by atoms with Crippen molar-refractivity contribution >= 4 is 0 Å². The Morgan fingerprint density at radius 2 is 1.75 bits per heavy atom. The Balaban J connectivity index is -0.0000000213. The van der Waals surface area contributed by atoms with Gasteiger partial charge in [-0.1, -0.05) is 0 Å². The Morgan fingerprint density at radius 3 is 1.83 bits per heavy atom. The zero-order valence-corrected chi connectivity index (χ0v) is 10.8. The van der Waals surface area contributed by atoms with Crippen LogP contribution in [0.3, 0.4) is 0 Å². The third kappa shape index (κ3) is 33.0. The molecule has 0 saturated heterocycles. The Morgan fingerprint density at radius 1 is 1.33 bits per heavy atom. The second-order valence-electron chi connectivity index (χ2n) is 1.00. The van der Waals surface area contributed by atoms with Crippen LogP contribution in [0.15, 0.2) is 18.2 Å². The van der Waals surface area contributed by atoms with Crippen molar-refractivity contribution in [2.75, 3.05) is 0 Å². The molecule has 0 radical (unpaired) electrons. The third-order valence-electron chi connectivity index (χ3n) is 0.586. The topological polar surface area (TPSA) is 39.4 Å². The summed E-state index contributed by atoms with van der Waals surface area (Å²) in [7, 11) is 0. The number of nitrogens with zero attached hydrogens (tertiary/aromatic N) is 1. The molecule has 12 heavy (non-hydrogen) atoms. The summed E-state index contributed by atoms with van der Waals surface area (Å²) in [5.41, 5.74) is 5.75. The van der Waals surface area contributed by atoms with Gasteiger partial charge in [0.25, 0.3) is 0 Å². The first-order valence-corrected chi connectivity index (χ1v) is 2.61. The average Bonchev–Trinajstić information content (AvgIpc) is 2.51. The van der Waals surface area contributed by atoms with Gasteiger partial charge in [0.1, 0.15) is 0 Å². The normalized spacial score (nSPS) is 8.17. The molecule has 0 aliphatic heterocycles. The minimum Gasteiger partial charge on any atom is -0.577 e. The number of hydrogen-bond donors (Lipinski definition) is 0. The van der Waals surface area contributed by atoms with E-state index < -0.39 is 0 Å². The van der Waals surface area contributed by atoms with Gasteiger partial charge in [0.15, 0.2) is 0 Å². The number of rotatable bonds is 0. The maximum absolute atomic E-state index is 7.25. The first kappa shape index (κ1) is 29.8. The van der Waals surface area contributed by atoms with Gasteiger partial charge >= 0.3 is 0 Å². The first-order valence-electron chi connectivity index (χ1n) is 2.61. The molecule has 0 bridgehead atoms. The van der Waals surface area contributed by atoms with Crippen LogP contribution in [0.5, 0.6) is 0 Å². The van der Waals surface area contributed by atoms with Gasteiger partial charge in [-0.25, -0.2) is 12.2 Å². The largest absolute Gasteiger partial charge is 0.577 e. The minimum absolute atomic E-state index is 0. The quantitative estimate of drug-likeness (QED) is 0.624. The molecule has 0 amide bonds. The second-order valence-corrected chi connectivity index (χ2v) is 1.00. The van der Waals surface area contributed by atoms with Crippen molar-refractivity contribution in [1.82, 2.24) is 0 Å². The van der Waals surface area contributed by atoms with Crippen LogP contribution in [0.1, 0.15) is 13.3 Å². The fourth-order valence-electron chi connectivity index (χ4n) is 0.340. The van der Waals surface area contributed by atoms with Crippen LogP contribution in [-0.2, 0) is 21.1 Å². The molecule has 1 rings (SSSR count). The summed E-state index contributed by atoms with van der Waals surface area (Å²) < 4.78 is 0. The average molecular weight is 338 g/mol. The molecular weight excluding hydrogens is 322 g/mol. The van der Waals surface area contributed by atoms with Gasteiger partial charge in [-0.2, -0.15) is 13.0 Å². The van der Waals surface area contributed by atoms with Crippen LogP contribution >= 0.6 is 0 Å². The van der Waals surface area contributed by atoms with Crippen molar-refractivity contribution in [2.45, 2.75) is 13.3 Å². The van der Waals surface area contributed by atoms with Gasteiger partial charge in [-0.15, -0.1) is 6.42 Å². The maximum Gasteiger partial charge on any atom is 0 e.